The molecule has 1 spiro atoms. The smallest absolute Gasteiger partial charge is 0.0540 e. The maximum atomic E-state index is 2.65. The molecule has 9 aromatic rings. The quantitative estimate of drug-likeness (QED) is 0.154. The average Bonchev–Trinajstić information content (AvgIpc) is 3.81. The van der Waals surface area contributed by atoms with Gasteiger partial charge in [0.05, 0.1) is 5.69 Å². The highest BCUT2D eigenvalue weighted by atomic mass is 15.1. The van der Waals surface area contributed by atoms with Crippen molar-refractivity contribution in [3.63, 3.8) is 0 Å². The van der Waals surface area contributed by atoms with Crippen LogP contribution in [0.2, 0.25) is 0 Å². The van der Waals surface area contributed by atoms with Crippen LogP contribution in [-0.4, -0.2) is 0 Å². The second kappa shape index (κ2) is 15.1. The van der Waals surface area contributed by atoms with E-state index in [1.807, 2.05) is 0 Å². The molecule has 15 rings (SSSR count). The molecule has 0 unspecified atom stereocenters. The SMILES string of the molecule is CC1(C)c2ccccc2-c2cccc(-c3ccc(N(c4ccc5c(c4)C4(c6ccccc6-5)C5CC6CC(C5)CC4C6)c4ccccc4-c4ccc(-c5ccc(-c6ccccc6)cc5)cc4)cc3)c21. The van der Waals surface area contributed by atoms with E-state index in [0.29, 0.717) is 11.8 Å². The number of para-hydroxylation sites is 1. The van der Waals surface area contributed by atoms with Gasteiger partial charge in [-0.25, -0.2) is 0 Å². The minimum absolute atomic E-state index is 0.0810. The fraction of sp³-hybridized carbons (Fsp3) is 0.194. The number of nitrogens with zero attached hydrogens (tertiary/aromatic N) is 1. The van der Waals surface area contributed by atoms with Gasteiger partial charge in [0, 0.05) is 27.8 Å². The van der Waals surface area contributed by atoms with E-state index in [0.717, 1.165) is 11.8 Å². The van der Waals surface area contributed by atoms with E-state index in [4.69, 9.17) is 0 Å². The fourth-order valence-corrected chi connectivity index (χ4v) is 14.8. The lowest BCUT2D eigenvalue weighted by molar-refractivity contribution is -0.0399. The Morgan fingerprint density at radius 2 is 0.794 bits per heavy atom. The third-order valence-corrected chi connectivity index (χ3v) is 17.5. The molecule has 68 heavy (non-hydrogen) atoms. The van der Waals surface area contributed by atoms with Gasteiger partial charge < -0.3 is 4.90 Å². The molecule has 0 radical (unpaired) electrons. The molecule has 0 N–H and O–H groups in total. The van der Waals surface area contributed by atoms with Gasteiger partial charge in [-0.3, -0.25) is 0 Å². The maximum absolute atomic E-state index is 2.65. The summed E-state index contributed by atoms with van der Waals surface area (Å²) < 4.78 is 0. The predicted octanol–water partition coefficient (Wildman–Crippen LogP) is 17.9. The highest BCUT2D eigenvalue weighted by Gasteiger charge is 2.61. The lowest BCUT2D eigenvalue weighted by Crippen LogP contribution is -2.55. The molecule has 1 nitrogen and oxygen atoms in total. The molecule has 0 heterocycles. The number of anilines is 3. The van der Waals surface area contributed by atoms with Gasteiger partial charge in [-0.05, 0) is 170 Å². The van der Waals surface area contributed by atoms with Gasteiger partial charge in [0.15, 0.2) is 0 Å². The number of fused-ring (bicyclic) bond motifs is 6. The van der Waals surface area contributed by atoms with Gasteiger partial charge in [-0.15, -0.1) is 0 Å². The van der Waals surface area contributed by atoms with Crippen molar-refractivity contribution >= 4 is 17.1 Å². The van der Waals surface area contributed by atoms with Crippen LogP contribution in [0, 0.1) is 23.7 Å². The molecule has 0 aliphatic heterocycles. The van der Waals surface area contributed by atoms with E-state index in [9.17, 15) is 0 Å². The molecule has 0 atom stereocenters. The number of benzene rings is 9. The molecule has 0 amide bonds. The van der Waals surface area contributed by atoms with E-state index < -0.39 is 0 Å². The van der Waals surface area contributed by atoms with Crippen molar-refractivity contribution < 1.29 is 0 Å². The van der Waals surface area contributed by atoms with E-state index in [1.54, 1.807) is 11.1 Å². The van der Waals surface area contributed by atoms with E-state index >= 15 is 0 Å². The molecule has 6 aliphatic rings. The summed E-state index contributed by atoms with van der Waals surface area (Å²) in [5.41, 5.74) is 25.1. The zero-order chi connectivity index (χ0) is 45.1. The topological polar surface area (TPSA) is 3.24 Å². The van der Waals surface area contributed by atoms with Crippen LogP contribution in [0.15, 0.2) is 212 Å². The van der Waals surface area contributed by atoms with Gasteiger partial charge in [-0.2, -0.15) is 0 Å². The van der Waals surface area contributed by atoms with E-state index in [2.05, 4.69) is 231 Å². The van der Waals surface area contributed by atoms with Crippen molar-refractivity contribution in [2.24, 2.45) is 23.7 Å². The summed E-state index contributed by atoms with van der Waals surface area (Å²) in [6.45, 7) is 4.79. The Labute approximate surface area is 401 Å². The number of hydrogen-bond donors (Lipinski definition) is 0. The third-order valence-electron chi connectivity index (χ3n) is 17.5. The lowest BCUT2D eigenvalue weighted by Gasteiger charge is -2.61. The Hall–Kier alpha value is -7.22. The Morgan fingerprint density at radius 1 is 0.338 bits per heavy atom. The summed E-state index contributed by atoms with van der Waals surface area (Å²) >= 11 is 0. The molecular formula is C67H55N. The highest BCUT2D eigenvalue weighted by molar-refractivity contribution is 5.93. The number of rotatable bonds is 7. The van der Waals surface area contributed by atoms with Crippen LogP contribution in [-0.2, 0) is 10.8 Å². The molecule has 4 saturated carbocycles. The van der Waals surface area contributed by atoms with Gasteiger partial charge in [0.25, 0.3) is 0 Å². The van der Waals surface area contributed by atoms with Gasteiger partial charge in [0.2, 0.25) is 0 Å². The molecule has 4 bridgehead atoms. The van der Waals surface area contributed by atoms with Crippen LogP contribution in [0.25, 0.3) is 66.8 Å². The summed E-state index contributed by atoms with van der Waals surface area (Å²) in [6.07, 6.45) is 6.94. The van der Waals surface area contributed by atoms with Crippen LogP contribution < -0.4 is 4.90 Å². The van der Waals surface area contributed by atoms with E-state index in [1.165, 1.54) is 127 Å². The van der Waals surface area contributed by atoms with Crippen molar-refractivity contribution in [2.75, 3.05) is 4.90 Å². The minimum Gasteiger partial charge on any atom is -0.310 e. The lowest BCUT2D eigenvalue weighted by atomic mass is 9.43. The normalized spacial score (nSPS) is 21.9. The Balaban J connectivity index is 0.899. The van der Waals surface area contributed by atoms with Crippen molar-refractivity contribution in [2.45, 2.75) is 56.8 Å². The molecule has 0 aromatic heterocycles. The first-order chi connectivity index (χ1) is 33.4. The Morgan fingerprint density at radius 3 is 1.46 bits per heavy atom. The Bertz CT molecular complexity index is 3380. The fourth-order valence-electron chi connectivity index (χ4n) is 14.8. The predicted molar refractivity (Wildman–Crippen MR) is 284 cm³/mol. The first-order valence-electron chi connectivity index (χ1n) is 25.2. The second-order valence-corrected chi connectivity index (χ2v) is 21.3. The summed E-state index contributed by atoms with van der Waals surface area (Å²) in [4.78, 5) is 2.57. The zero-order valence-corrected chi connectivity index (χ0v) is 39.0. The second-order valence-electron chi connectivity index (χ2n) is 21.3. The molecule has 328 valence electrons. The largest absolute Gasteiger partial charge is 0.310 e. The summed E-state index contributed by atoms with van der Waals surface area (Å²) in [5, 5.41) is 0. The first-order valence-corrected chi connectivity index (χ1v) is 25.2. The molecule has 0 saturated heterocycles. The average molecular weight is 874 g/mol. The molecule has 1 heteroatoms. The maximum Gasteiger partial charge on any atom is 0.0540 e. The van der Waals surface area contributed by atoms with Gasteiger partial charge >= 0.3 is 0 Å². The van der Waals surface area contributed by atoms with Crippen LogP contribution in [0.5, 0.6) is 0 Å². The summed E-state index contributed by atoms with van der Waals surface area (Å²) in [7, 11) is 0. The molecule has 9 aromatic carbocycles. The molecule has 4 fully saturated rings. The van der Waals surface area contributed by atoms with E-state index in [-0.39, 0.29) is 10.8 Å². The minimum atomic E-state index is -0.0940. The van der Waals surface area contributed by atoms with Crippen molar-refractivity contribution in [3.8, 4) is 66.8 Å². The van der Waals surface area contributed by atoms with Crippen LogP contribution >= 0.6 is 0 Å². The van der Waals surface area contributed by atoms with Crippen LogP contribution in [0.4, 0.5) is 17.1 Å². The molecular weight excluding hydrogens is 819 g/mol. The summed E-state index contributed by atoms with van der Waals surface area (Å²) in [6, 6.07) is 80.4. The third kappa shape index (κ3) is 5.87. The van der Waals surface area contributed by atoms with Gasteiger partial charge in [0.1, 0.15) is 0 Å². The highest BCUT2D eigenvalue weighted by Crippen LogP contribution is 2.69. The molecule has 6 aliphatic carbocycles. The summed E-state index contributed by atoms with van der Waals surface area (Å²) in [5.74, 6) is 3.20. The van der Waals surface area contributed by atoms with Crippen molar-refractivity contribution in [3.05, 3.63) is 235 Å². The van der Waals surface area contributed by atoms with Crippen LogP contribution in [0.3, 0.4) is 0 Å². The number of hydrogen-bond acceptors (Lipinski definition) is 1. The van der Waals surface area contributed by atoms with Crippen LogP contribution in [0.1, 0.15) is 68.2 Å². The standard InChI is InChI=1S/C67H55N/c1-66(2)61-20-9-6-17-58(61)60-19-12-18-56(65(60)66)50-31-33-53(34-32-50)68(54-35-36-59-57-16-7-10-21-62(57)67(63(59)42-54)51-38-43-37-44(40-51)41-52(67)39-43)64-22-11-8-15-55(64)49-29-27-48(28-30-49)47-25-23-46(24-26-47)45-13-4-3-5-14-45/h3-36,42-44,51-52H,37-41H2,1-2H3. The van der Waals surface area contributed by atoms with Crippen molar-refractivity contribution in [1.82, 2.24) is 0 Å². The first kappa shape index (κ1) is 39.9. The zero-order valence-electron chi connectivity index (χ0n) is 39.0. The Kier molecular flexibility index (Phi) is 8.89. The monoisotopic (exact) mass is 873 g/mol. The van der Waals surface area contributed by atoms with Crippen molar-refractivity contribution in [1.29, 1.82) is 0 Å². The van der Waals surface area contributed by atoms with Gasteiger partial charge in [-0.1, -0.05) is 196 Å².